The van der Waals surface area contributed by atoms with Crippen LogP contribution in [0.3, 0.4) is 0 Å². The Morgan fingerprint density at radius 1 is 1.05 bits per heavy atom. The number of hydrogen-bond acceptors (Lipinski definition) is 4. The molecule has 0 aliphatic carbocycles. The van der Waals surface area contributed by atoms with E-state index >= 15 is 0 Å². The van der Waals surface area contributed by atoms with Crippen molar-refractivity contribution in [2.75, 3.05) is 20.3 Å². The summed E-state index contributed by atoms with van der Waals surface area (Å²) in [6, 6.07) is 10.3. The summed E-state index contributed by atoms with van der Waals surface area (Å²) >= 11 is 9.25. The zero-order valence-corrected chi connectivity index (χ0v) is 14.2. The highest BCUT2D eigenvalue weighted by molar-refractivity contribution is 9.10. The number of hydrogen-bond donors (Lipinski definition) is 0. The van der Waals surface area contributed by atoms with E-state index in [1.807, 2.05) is 0 Å². The highest BCUT2D eigenvalue weighted by atomic mass is 79.9. The van der Waals surface area contributed by atoms with Gasteiger partial charge in [-0.1, -0.05) is 11.6 Å². The van der Waals surface area contributed by atoms with E-state index in [1.165, 1.54) is 7.11 Å². The van der Waals surface area contributed by atoms with Crippen LogP contribution in [0, 0.1) is 0 Å². The molecule has 22 heavy (non-hydrogen) atoms. The van der Waals surface area contributed by atoms with Crippen LogP contribution < -0.4 is 14.2 Å². The van der Waals surface area contributed by atoms with Crippen LogP contribution in [0.5, 0.6) is 17.2 Å². The van der Waals surface area contributed by atoms with Crippen molar-refractivity contribution < 1.29 is 19.0 Å². The van der Waals surface area contributed by atoms with Crippen LogP contribution in [0.25, 0.3) is 0 Å². The minimum atomic E-state index is 0.339. The molecule has 0 aliphatic heterocycles. The van der Waals surface area contributed by atoms with E-state index in [0.717, 1.165) is 10.8 Å². The maximum atomic E-state index is 10.7. The summed E-state index contributed by atoms with van der Waals surface area (Å²) < 4.78 is 17.2. The lowest BCUT2D eigenvalue weighted by Crippen LogP contribution is -2.10. The first-order valence-corrected chi connectivity index (χ1v) is 7.65. The fourth-order valence-corrected chi connectivity index (χ4v) is 2.57. The van der Waals surface area contributed by atoms with Crippen LogP contribution in [0.2, 0.25) is 5.02 Å². The van der Waals surface area contributed by atoms with E-state index in [0.29, 0.717) is 41.0 Å². The van der Waals surface area contributed by atoms with Gasteiger partial charge in [0.05, 0.1) is 11.6 Å². The molecule has 2 rings (SSSR count). The molecule has 0 spiro atoms. The molecule has 4 nitrogen and oxygen atoms in total. The Labute approximate surface area is 142 Å². The Hall–Kier alpha value is -1.72. The highest BCUT2D eigenvalue weighted by Crippen LogP contribution is 2.29. The molecule has 0 saturated heterocycles. The fraction of sp³-hybridized carbons (Fsp3) is 0.188. The number of carbonyl (C=O) groups excluding carboxylic acids is 1. The zero-order chi connectivity index (χ0) is 15.9. The van der Waals surface area contributed by atoms with E-state index in [9.17, 15) is 4.79 Å². The van der Waals surface area contributed by atoms with Gasteiger partial charge in [-0.25, -0.2) is 0 Å². The predicted molar refractivity (Wildman–Crippen MR) is 88.5 cm³/mol. The highest BCUT2D eigenvalue weighted by Gasteiger charge is 2.06. The minimum absolute atomic E-state index is 0.339. The number of carbonyl (C=O) groups is 1. The van der Waals surface area contributed by atoms with Crippen molar-refractivity contribution in [1.29, 1.82) is 0 Å². The van der Waals surface area contributed by atoms with Gasteiger partial charge in [-0.2, -0.15) is 0 Å². The van der Waals surface area contributed by atoms with Gasteiger partial charge in [0.15, 0.2) is 11.5 Å². The number of ether oxygens (including phenoxy) is 3. The Bertz CT molecular complexity index is 661. The van der Waals surface area contributed by atoms with Crippen molar-refractivity contribution in [3.8, 4) is 17.2 Å². The number of benzene rings is 2. The van der Waals surface area contributed by atoms with Crippen molar-refractivity contribution in [2.45, 2.75) is 0 Å². The maximum Gasteiger partial charge on any atom is 0.161 e. The first kappa shape index (κ1) is 16.6. The summed E-state index contributed by atoms with van der Waals surface area (Å²) in [7, 11) is 1.53. The molecule has 0 heterocycles. The van der Waals surface area contributed by atoms with Crippen LogP contribution in [0.1, 0.15) is 10.4 Å². The monoisotopic (exact) mass is 384 g/mol. The van der Waals surface area contributed by atoms with E-state index in [1.54, 1.807) is 36.4 Å². The molecule has 0 aliphatic rings. The maximum absolute atomic E-state index is 10.7. The molecular formula is C16H14BrClO4. The third-order valence-corrected chi connectivity index (χ3v) is 3.67. The molecule has 0 atom stereocenters. The van der Waals surface area contributed by atoms with Crippen molar-refractivity contribution in [1.82, 2.24) is 0 Å². The molecule has 2 aromatic rings. The number of halogens is 2. The lowest BCUT2D eigenvalue weighted by Gasteiger charge is -2.12. The molecule has 116 valence electrons. The molecule has 0 radical (unpaired) electrons. The van der Waals surface area contributed by atoms with Gasteiger partial charge in [-0.05, 0) is 52.3 Å². The van der Waals surface area contributed by atoms with Crippen LogP contribution >= 0.6 is 27.5 Å². The van der Waals surface area contributed by atoms with Crippen LogP contribution in [-0.2, 0) is 0 Å². The lowest BCUT2D eigenvalue weighted by molar-refractivity contribution is 0.112. The zero-order valence-electron chi connectivity index (χ0n) is 11.8. The Morgan fingerprint density at radius 3 is 2.36 bits per heavy atom. The summed E-state index contributed by atoms with van der Waals surface area (Å²) in [5, 5.41) is 0.635. The van der Waals surface area contributed by atoms with Gasteiger partial charge in [0.2, 0.25) is 0 Å². The Balaban J connectivity index is 1.90. The van der Waals surface area contributed by atoms with Crippen LogP contribution in [-0.4, -0.2) is 26.6 Å². The smallest absolute Gasteiger partial charge is 0.161 e. The standard InChI is InChI=1S/C16H14BrClO4/c1-20-16-8-11(10-19)2-4-15(16)22-7-6-21-14-5-3-12(18)9-13(14)17/h2-5,8-10H,6-7H2,1H3. The minimum Gasteiger partial charge on any atom is -0.493 e. The summed E-state index contributed by atoms with van der Waals surface area (Å²) in [4.78, 5) is 10.7. The third kappa shape index (κ3) is 4.39. The largest absolute Gasteiger partial charge is 0.493 e. The second kappa shape index (κ2) is 8.06. The van der Waals surface area contributed by atoms with Crippen molar-refractivity contribution in [3.05, 3.63) is 51.5 Å². The normalized spacial score (nSPS) is 10.1. The molecule has 2 aromatic carbocycles. The molecule has 0 fully saturated rings. The van der Waals surface area contributed by atoms with E-state index in [2.05, 4.69) is 15.9 Å². The average molecular weight is 386 g/mol. The first-order chi connectivity index (χ1) is 10.6. The van der Waals surface area contributed by atoms with Gasteiger partial charge in [0.1, 0.15) is 25.2 Å². The van der Waals surface area contributed by atoms with E-state index < -0.39 is 0 Å². The van der Waals surface area contributed by atoms with Gasteiger partial charge in [-0.3, -0.25) is 4.79 Å². The number of methoxy groups -OCH3 is 1. The van der Waals surface area contributed by atoms with Gasteiger partial charge in [-0.15, -0.1) is 0 Å². The average Bonchev–Trinajstić information content (AvgIpc) is 2.53. The Morgan fingerprint density at radius 2 is 1.73 bits per heavy atom. The van der Waals surface area contributed by atoms with E-state index in [-0.39, 0.29) is 0 Å². The van der Waals surface area contributed by atoms with Crippen LogP contribution in [0.15, 0.2) is 40.9 Å². The fourth-order valence-electron chi connectivity index (χ4n) is 1.77. The van der Waals surface area contributed by atoms with Crippen molar-refractivity contribution in [2.24, 2.45) is 0 Å². The van der Waals surface area contributed by atoms with Crippen molar-refractivity contribution >= 4 is 33.8 Å². The summed E-state index contributed by atoms with van der Waals surface area (Å²) in [5.74, 6) is 1.76. The second-order valence-corrected chi connectivity index (χ2v) is 5.59. The molecule has 0 amide bonds. The number of rotatable bonds is 7. The second-order valence-electron chi connectivity index (χ2n) is 4.30. The SMILES string of the molecule is COc1cc(C=O)ccc1OCCOc1ccc(Cl)cc1Br. The summed E-state index contributed by atoms with van der Waals surface area (Å²) in [5.41, 5.74) is 0.533. The topological polar surface area (TPSA) is 44.8 Å². The molecule has 0 saturated carbocycles. The molecule has 6 heteroatoms. The quantitative estimate of drug-likeness (QED) is 0.524. The summed E-state index contributed by atoms with van der Waals surface area (Å²) in [6.07, 6.45) is 0.757. The van der Waals surface area contributed by atoms with Gasteiger partial charge < -0.3 is 14.2 Å². The van der Waals surface area contributed by atoms with Gasteiger partial charge in [0, 0.05) is 10.6 Å². The lowest BCUT2D eigenvalue weighted by atomic mass is 10.2. The first-order valence-electron chi connectivity index (χ1n) is 6.48. The van der Waals surface area contributed by atoms with Gasteiger partial charge in [0.25, 0.3) is 0 Å². The third-order valence-electron chi connectivity index (χ3n) is 2.82. The van der Waals surface area contributed by atoms with Gasteiger partial charge >= 0.3 is 0 Å². The molecule has 0 N–H and O–H groups in total. The van der Waals surface area contributed by atoms with Crippen molar-refractivity contribution in [3.63, 3.8) is 0 Å². The molecule has 0 aromatic heterocycles. The molecule has 0 bridgehead atoms. The summed E-state index contributed by atoms with van der Waals surface area (Å²) in [6.45, 7) is 0.699. The van der Waals surface area contributed by atoms with E-state index in [4.69, 9.17) is 25.8 Å². The molecule has 0 unspecified atom stereocenters. The van der Waals surface area contributed by atoms with Crippen LogP contribution in [0.4, 0.5) is 0 Å². The Kier molecular flexibility index (Phi) is 6.10. The predicted octanol–water partition coefficient (Wildman–Crippen LogP) is 4.38. The number of aldehydes is 1. The molecular weight excluding hydrogens is 372 g/mol.